The molecule has 3 aromatic rings. The lowest BCUT2D eigenvalue weighted by molar-refractivity contribution is -0.116. The molecule has 0 bridgehead atoms. The predicted molar refractivity (Wildman–Crippen MR) is 97.8 cm³/mol. The van der Waals surface area contributed by atoms with Crippen molar-refractivity contribution in [2.24, 2.45) is 13.0 Å². The van der Waals surface area contributed by atoms with Gasteiger partial charge in [0.25, 0.3) is 0 Å². The van der Waals surface area contributed by atoms with Gasteiger partial charge in [0.05, 0.1) is 24.1 Å². The molecule has 132 valence electrons. The topological polar surface area (TPSA) is 77.6 Å². The second-order valence-electron chi connectivity index (χ2n) is 6.85. The fourth-order valence-electron chi connectivity index (χ4n) is 3.46. The average molecular weight is 358 g/mol. The minimum Gasteiger partial charge on any atom is -0.302 e. The Kier molecular flexibility index (Phi) is 4.07. The Morgan fingerprint density at radius 3 is 3.16 bits per heavy atom. The summed E-state index contributed by atoms with van der Waals surface area (Å²) in [6, 6.07) is 0. The van der Waals surface area contributed by atoms with Crippen molar-refractivity contribution in [3.8, 4) is 0 Å². The quantitative estimate of drug-likeness (QED) is 0.778. The molecule has 1 atom stereocenters. The Balaban J connectivity index is 1.41. The van der Waals surface area contributed by atoms with Gasteiger partial charge in [-0.25, -0.2) is 4.98 Å². The van der Waals surface area contributed by atoms with E-state index < -0.39 is 0 Å². The van der Waals surface area contributed by atoms with Gasteiger partial charge in [0.2, 0.25) is 5.91 Å². The van der Waals surface area contributed by atoms with Crippen molar-refractivity contribution in [1.82, 2.24) is 24.5 Å². The zero-order valence-electron chi connectivity index (χ0n) is 14.7. The number of nitrogens with zero attached hydrogens (tertiary/aromatic N) is 5. The summed E-state index contributed by atoms with van der Waals surface area (Å²) < 4.78 is 3.67. The zero-order chi connectivity index (χ0) is 17.6. The predicted octanol–water partition coefficient (Wildman–Crippen LogP) is 2.69. The summed E-state index contributed by atoms with van der Waals surface area (Å²) in [5.74, 6) is 0.686. The van der Waals surface area contributed by atoms with Gasteiger partial charge in [-0.1, -0.05) is 6.92 Å². The first-order valence-electron chi connectivity index (χ1n) is 8.65. The van der Waals surface area contributed by atoms with Gasteiger partial charge in [-0.2, -0.15) is 10.2 Å². The van der Waals surface area contributed by atoms with Crippen molar-refractivity contribution in [3.63, 3.8) is 0 Å². The number of amides is 1. The highest BCUT2D eigenvalue weighted by molar-refractivity contribution is 7.15. The van der Waals surface area contributed by atoms with Crippen LogP contribution in [0.5, 0.6) is 0 Å². The van der Waals surface area contributed by atoms with Crippen LogP contribution in [0.4, 0.5) is 5.13 Å². The minimum absolute atomic E-state index is 0.0238. The molecule has 3 heterocycles. The molecule has 0 aromatic carbocycles. The van der Waals surface area contributed by atoms with Crippen LogP contribution in [-0.4, -0.2) is 30.5 Å². The van der Waals surface area contributed by atoms with Crippen molar-refractivity contribution >= 4 is 33.4 Å². The number of carbonyl (C=O) groups is 1. The highest BCUT2D eigenvalue weighted by Gasteiger charge is 2.20. The number of hydrogen-bond acceptors (Lipinski definition) is 5. The molecular formula is C17H22N6OS. The second kappa shape index (κ2) is 6.25. The number of aromatic nitrogens is 5. The van der Waals surface area contributed by atoms with Gasteiger partial charge in [0, 0.05) is 18.3 Å². The van der Waals surface area contributed by atoms with Crippen LogP contribution in [0, 0.1) is 12.8 Å². The molecule has 0 spiro atoms. The summed E-state index contributed by atoms with van der Waals surface area (Å²) in [5.41, 5.74) is 4.07. The van der Waals surface area contributed by atoms with Crippen LogP contribution in [-0.2, 0) is 31.2 Å². The summed E-state index contributed by atoms with van der Waals surface area (Å²) in [4.78, 5) is 18.2. The summed E-state index contributed by atoms with van der Waals surface area (Å²) in [5, 5.41) is 12.5. The highest BCUT2D eigenvalue weighted by atomic mass is 32.1. The molecule has 0 saturated heterocycles. The van der Waals surface area contributed by atoms with Gasteiger partial charge in [-0.3, -0.25) is 14.2 Å². The summed E-state index contributed by atoms with van der Waals surface area (Å²) >= 11 is 1.62. The number of rotatable bonds is 4. The van der Waals surface area contributed by atoms with E-state index >= 15 is 0 Å². The van der Waals surface area contributed by atoms with Gasteiger partial charge >= 0.3 is 0 Å². The summed E-state index contributed by atoms with van der Waals surface area (Å²) in [6.45, 7) is 4.76. The number of anilines is 1. The number of thiazole rings is 1. The molecule has 25 heavy (non-hydrogen) atoms. The maximum atomic E-state index is 12.3. The first kappa shape index (κ1) is 16.3. The van der Waals surface area contributed by atoms with Crippen LogP contribution in [0.3, 0.4) is 0 Å². The number of carbonyl (C=O) groups excluding carboxylic acids is 1. The van der Waals surface area contributed by atoms with E-state index in [4.69, 9.17) is 0 Å². The first-order valence-corrected chi connectivity index (χ1v) is 9.46. The van der Waals surface area contributed by atoms with Crippen LogP contribution >= 0.6 is 11.3 Å². The minimum atomic E-state index is -0.0238. The Bertz CT molecular complexity index is 937. The Morgan fingerprint density at radius 1 is 1.48 bits per heavy atom. The van der Waals surface area contributed by atoms with E-state index in [-0.39, 0.29) is 5.91 Å². The van der Waals surface area contributed by atoms with Crippen LogP contribution in [0.2, 0.25) is 0 Å². The molecule has 1 N–H and O–H groups in total. The van der Waals surface area contributed by atoms with Gasteiger partial charge in [0.1, 0.15) is 11.0 Å². The lowest BCUT2D eigenvalue weighted by Crippen LogP contribution is -2.15. The maximum Gasteiger partial charge on any atom is 0.228 e. The lowest BCUT2D eigenvalue weighted by Gasteiger charge is -2.15. The molecule has 3 aromatic heterocycles. The van der Waals surface area contributed by atoms with Gasteiger partial charge in [-0.15, -0.1) is 11.3 Å². The van der Waals surface area contributed by atoms with Crippen molar-refractivity contribution in [1.29, 1.82) is 0 Å². The van der Waals surface area contributed by atoms with Crippen LogP contribution in [0.15, 0.2) is 6.20 Å². The molecule has 4 rings (SSSR count). The van der Waals surface area contributed by atoms with Crippen molar-refractivity contribution in [2.75, 3.05) is 5.32 Å². The van der Waals surface area contributed by atoms with Gasteiger partial charge < -0.3 is 5.32 Å². The maximum absolute atomic E-state index is 12.3. The van der Waals surface area contributed by atoms with Crippen LogP contribution in [0.1, 0.15) is 36.0 Å². The van der Waals surface area contributed by atoms with E-state index in [1.54, 1.807) is 17.5 Å². The number of fused-ring (bicyclic) bond motifs is 2. The molecule has 1 unspecified atom stereocenters. The number of hydrogen-bond donors (Lipinski definition) is 1. The Labute approximate surface area is 150 Å². The smallest absolute Gasteiger partial charge is 0.228 e. The average Bonchev–Trinajstić information content (AvgIpc) is 3.21. The lowest BCUT2D eigenvalue weighted by atomic mass is 9.93. The van der Waals surface area contributed by atoms with E-state index in [0.717, 1.165) is 40.4 Å². The second-order valence-corrected chi connectivity index (χ2v) is 7.93. The van der Waals surface area contributed by atoms with E-state index in [2.05, 4.69) is 27.4 Å². The first-order chi connectivity index (χ1) is 12.0. The molecule has 1 aliphatic rings. The third-order valence-electron chi connectivity index (χ3n) is 4.79. The van der Waals surface area contributed by atoms with E-state index in [9.17, 15) is 4.79 Å². The van der Waals surface area contributed by atoms with Crippen molar-refractivity contribution in [2.45, 2.75) is 46.1 Å². The third kappa shape index (κ3) is 3.06. The van der Waals surface area contributed by atoms with Crippen LogP contribution in [0.25, 0.3) is 11.0 Å². The number of aryl methyl sites for hydroxylation is 4. The molecule has 0 radical (unpaired) electrons. The van der Waals surface area contributed by atoms with E-state index in [0.29, 0.717) is 18.9 Å². The van der Waals surface area contributed by atoms with Crippen molar-refractivity contribution in [3.05, 3.63) is 22.5 Å². The molecular weight excluding hydrogens is 336 g/mol. The van der Waals surface area contributed by atoms with Gasteiger partial charge in [-0.05, 0) is 32.1 Å². The number of nitrogens with one attached hydrogen (secondary N) is 1. The third-order valence-corrected chi connectivity index (χ3v) is 5.83. The molecule has 0 fully saturated rings. The molecule has 1 amide bonds. The molecule has 8 heteroatoms. The van der Waals surface area contributed by atoms with Crippen molar-refractivity contribution < 1.29 is 4.79 Å². The zero-order valence-corrected chi connectivity index (χ0v) is 15.6. The Morgan fingerprint density at radius 2 is 2.32 bits per heavy atom. The highest BCUT2D eigenvalue weighted by Crippen LogP contribution is 2.32. The molecule has 0 saturated carbocycles. The standard InChI is InChI=1S/C17H22N6OS/c1-10-4-5-12-14(8-10)25-17(19-12)20-15(24)6-7-23-16-11(2)21-22(3)13(16)9-18-23/h9-10H,4-8H2,1-3H3,(H,19,20,24). The van der Waals surface area contributed by atoms with E-state index in [1.807, 2.05) is 23.3 Å². The molecule has 7 nitrogen and oxygen atoms in total. The van der Waals surface area contributed by atoms with E-state index in [1.165, 1.54) is 11.3 Å². The molecule has 0 aliphatic heterocycles. The largest absolute Gasteiger partial charge is 0.302 e. The normalized spacial score (nSPS) is 17.0. The Hall–Kier alpha value is -2.22. The SMILES string of the molecule is Cc1nn(C)c2cnn(CCC(=O)Nc3nc4c(s3)CC(C)CC4)c12. The fraction of sp³-hybridized carbons (Fsp3) is 0.529. The summed E-state index contributed by atoms with van der Waals surface area (Å²) in [7, 11) is 1.90. The molecule has 1 aliphatic carbocycles. The monoisotopic (exact) mass is 358 g/mol. The van der Waals surface area contributed by atoms with Crippen LogP contribution < -0.4 is 5.32 Å². The summed E-state index contributed by atoms with van der Waals surface area (Å²) in [6.07, 6.45) is 5.45. The fourth-order valence-corrected chi connectivity index (χ4v) is 4.65. The van der Waals surface area contributed by atoms with Gasteiger partial charge in [0.15, 0.2) is 5.13 Å².